The van der Waals surface area contributed by atoms with Gasteiger partial charge in [-0.05, 0) is 48.4 Å². The first kappa shape index (κ1) is 23.4. The van der Waals surface area contributed by atoms with E-state index in [-0.39, 0.29) is 11.7 Å². The number of nitrogens with zero attached hydrogens (tertiary/aromatic N) is 4. The lowest BCUT2D eigenvalue weighted by Gasteiger charge is -2.09. The number of fused-ring (bicyclic) bond motifs is 1. The number of methoxy groups -OCH3 is 3. The highest BCUT2D eigenvalue weighted by Crippen LogP contribution is 2.31. The van der Waals surface area contributed by atoms with E-state index in [4.69, 9.17) is 14.2 Å². The highest BCUT2D eigenvalue weighted by molar-refractivity contribution is 7.99. The molecule has 4 rings (SSSR count). The Hall–Kier alpha value is -3.79. The minimum atomic E-state index is -0.0642. The molecule has 0 aliphatic rings. The van der Waals surface area contributed by atoms with Gasteiger partial charge in [-0.3, -0.25) is 4.79 Å². The van der Waals surface area contributed by atoms with E-state index in [2.05, 4.69) is 20.6 Å². The molecule has 2 aromatic heterocycles. The molecule has 176 valence electrons. The maximum Gasteiger partial charge on any atom is 0.230 e. The first-order valence-corrected chi connectivity index (χ1v) is 11.6. The number of aromatic nitrogens is 4. The van der Waals surface area contributed by atoms with Crippen molar-refractivity contribution < 1.29 is 19.0 Å². The molecule has 1 N–H and O–H groups in total. The van der Waals surface area contributed by atoms with E-state index in [0.717, 1.165) is 16.9 Å². The van der Waals surface area contributed by atoms with Gasteiger partial charge in [-0.2, -0.15) is 9.61 Å². The fraction of sp³-hybridized carbons (Fsp3) is 0.250. The zero-order valence-corrected chi connectivity index (χ0v) is 20.0. The lowest BCUT2D eigenvalue weighted by atomic mass is 10.1. The molecule has 0 unspecified atom stereocenters. The van der Waals surface area contributed by atoms with Crippen molar-refractivity contribution in [1.82, 2.24) is 25.1 Å². The van der Waals surface area contributed by atoms with E-state index < -0.39 is 0 Å². The predicted octanol–water partition coefficient (Wildman–Crippen LogP) is 3.27. The number of thioether (sulfide) groups is 1. The Labute approximate surface area is 201 Å². The molecule has 0 saturated heterocycles. The third kappa shape index (κ3) is 5.23. The molecule has 0 radical (unpaired) electrons. The van der Waals surface area contributed by atoms with Crippen LogP contribution >= 0.6 is 11.8 Å². The summed E-state index contributed by atoms with van der Waals surface area (Å²) in [6.07, 6.45) is 0.694. The van der Waals surface area contributed by atoms with Gasteiger partial charge in [-0.25, -0.2) is 0 Å². The van der Waals surface area contributed by atoms with E-state index in [1.54, 1.807) is 25.8 Å². The van der Waals surface area contributed by atoms with E-state index >= 15 is 0 Å². The maximum atomic E-state index is 12.3. The summed E-state index contributed by atoms with van der Waals surface area (Å²) in [5.74, 6) is 2.79. The molecule has 0 spiro atoms. The molecule has 34 heavy (non-hydrogen) atoms. The molecule has 0 aliphatic heterocycles. The number of hydrogen-bond acceptors (Lipinski definition) is 8. The van der Waals surface area contributed by atoms with Crippen molar-refractivity contribution in [2.45, 2.75) is 11.4 Å². The van der Waals surface area contributed by atoms with Gasteiger partial charge in [0.2, 0.25) is 5.91 Å². The smallest absolute Gasteiger partial charge is 0.230 e. The Kier molecular flexibility index (Phi) is 7.48. The molecule has 4 aromatic rings. The van der Waals surface area contributed by atoms with Crippen LogP contribution in [0.1, 0.15) is 5.56 Å². The molecule has 9 nitrogen and oxygen atoms in total. The fourth-order valence-electron chi connectivity index (χ4n) is 3.44. The van der Waals surface area contributed by atoms with Crippen molar-refractivity contribution in [3.8, 4) is 28.6 Å². The van der Waals surface area contributed by atoms with Crippen LogP contribution in [0, 0.1) is 0 Å². The first-order chi connectivity index (χ1) is 16.6. The third-order valence-electron chi connectivity index (χ3n) is 5.14. The second kappa shape index (κ2) is 10.9. The monoisotopic (exact) mass is 479 g/mol. The minimum Gasteiger partial charge on any atom is -0.496 e. The lowest BCUT2D eigenvalue weighted by Crippen LogP contribution is -2.27. The van der Waals surface area contributed by atoms with E-state index in [1.165, 1.54) is 11.8 Å². The summed E-state index contributed by atoms with van der Waals surface area (Å²) in [5.41, 5.74) is 2.45. The van der Waals surface area contributed by atoms with Crippen LogP contribution in [0.15, 0.2) is 59.6 Å². The highest BCUT2D eigenvalue weighted by atomic mass is 32.2. The fourth-order valence-corrected chi connectivity index (χ4v) is 4.13. The lowest BCUT2D eigenvalue weighted by molar-refractivity contribution is -0.118. The van der Waals surface area contributed by atoms with E-state index in [1.807, 2.05) is 54.6 Å². The van der Waals surface area contributed by atoms with Gasteiger partial charge in [0.15, 0.2) is 23.0 Å². The van der Waals surface area contributed by atoms with E-state index in [0.29, 0.717) is 41.0 Å². The van der Waals surface area contributed by atoms with Gasteiger partial charge >= 0.3 is 0 Å². The van der Waals surface area contributed by atoms with Crippen LogP contribution in [-0.4, -0.2) is 59.3 Å². The van der Waals surface area contributed by atoms with Gasteiger partial charge in [0.1, 0.15) is 10.8 Å². The molecular weight excluding hydrogens is 454 g/mol. The van der Waals surface area contributed by atoms with Crippen LogP contribution in [0.2, 0.25) is 0 Å². The summed E-state index contributed by atoms with van der Waals surface area (Å²) in [6, 6.07) is 16.9. The Morgan fingerprint density at radius 3 is 2.53 bits per heavy atom. The van der Waals surface area contributed by atoms with E-state index in [9.17, 15) is 4.79 Å². The second-order valence-electron chi connectivity index (χ2n) is 7.24. The molecular formula is C24H25N5O4S. The van der Waals surface area contributed by atoms with Gasteiger partial charge in [0.25, 0.3) is 0 Å². The molecule has 0 saturated carbocycles. The Bertz CT molecular complexity index is 1290. The van der Waals surface area contributed by atoms with Gasteiger partial charge in [-0.15, -0.1) is 10.2 Å². The molecule has 0 atom stereocenters. The molecule has 0 bridgehead atoms. The number of para-hydroxylation sites is 1. The van der Waals surface area contributed by atoms with Gasteiger partial charge < -0.3 is 19.5 Å². The number of ether oxygens (including phenoxy) is 3. The Balaban J connectivity index is 1.40. The first-order valence-electron chi connectivity index (χ1n) is 10.6. The van der Waals surface area contributed by atoms with Crippen molar-refractivity contribution in [1.29, 1.82) is 0 Å². The summed E-state index contributed by atoms with van der Waals surface area (Å²) in [5, 5.41) is 16.7. The third-order valence-corrected chi connectivity index (χ3v) is 6.06. The van der Waals surface area contributed by atoms with Crippen molar-refractivity contribution in [3.63, 3.8) is 0 Å². The Morgan fingerprint density at radius 1 is 0.941 bits per heavy atom. The zero-order chi connectivity index (χ0) is 23.9. The van der Waals surface area contributed by atoms with Crippen LogP contribution in [0.4, 0.5) is 0 Å². The quantitative estimate of drug-likeness (QED) is 0.346. The van der Waals surface area contributed by atoms with Gasteiger partial charge in [0.05, 0.1) is 27.1 Å². The molecule has 10 heteroatoms. The van der Waals surface area contributed by atoms with Gasteiger partial charge in [0, 0.05) is 12.1 Å². The van der Waals surface area contributed by atoms with Crippen molar-refractivity contribution in [3.05, 3.63) is 60.2 Å². The normalized spacial score (nSPS) is 10.8. The molecule has 2 aromatic carbocycles. The van der Waals surface area contributed by atoms with Crippen LogP contribution in [0.3, 0.4) is 0 Å². The van der Waals surface area contributed by atoms with Crippen LogP contribution in [0.25, 0.3) is 17.0 Å². The number of rotatable bonds is 10. The number of benzene rings is 2. The number of carbonyl (C=O) groups excluding carboxylic acids is 1. The van der Waals surface area contributed by atoms with Crippen LogP contribution in [0.5, 0.6) is 17.2 Å². The molecule has 1 amide bonds. The summed E-state index contributed by atoms with van der Waals surface area (Å²) >= 11 is 1.35. The average Bonchev–Trinajstić information content (AvgIpc) is 3.30. The van der Waals surface area contributed by atoms with Gasteiger partial charge in [-0.1, -0.05) is 30.0 Å². The highest BCUT2D eigenvalue weighted by Gasteiger charge is 2.14. The summed E-state index contributed by atoms with van der Waals surface area (Å²) < 4.78 is 17.7. The minimum absolute atomic E-state index is 0.0642. The summed E-state index contributed by atoms with van der Waals surface area (Å²) in [6.45, 7) is 0.529. The topological polar surface area (TPSA) is 99.9 Å². The summed E-state index contributed by atoms with van der Waals surface area (Å²) in [7, 11) is 4.81. The predicted molar refractivity (Wildman–Crippen MR) is 130 cm³/mol. The van der Waals surface area contributed by atoms with Crippen molar-refractivity contribution in [2.24, 2.45) is 0 Å². The standard InChI is InChI=1S/C24H25N5O4S/c1-31-18-7-5-4-6-16(18)12-13-25-22(30)15-34-23-11-10-21-26-27-24(29(21)28-23)17-8-9-19(32-2)20(14-17)33-3/h4-11,14H,12-13,15H2,1-3H3,(H,25,30). The zero-order valence-electron chi connectivity index (χ0n) is 19.1. The SMILES string of the molecule is COc1ccccc1CCNC(=O)CSc1ccc2nnc(-c3ccc(OC)c(OC)c3)n2n1. The number of carbonyl (C=O) groups is 1. The molecule has 2 heterocycles. The Morgan fingerprint density at radius 2 is 1.74 bits per heavy atom. The number of amides is 1. The average molecular weight is 480 g/mol. The maximum absolute atomic E-state index is 12.3. The van der Waals surface area contributed by atoms with Crippen LogP contribution in [-0.2, 0) is 11.2 Å². The second-order valence-corrected chi connectivity index (χ2v) is 8.23. The molecule has 0 aliphatic carbocycles. The summed E-state index contributed by atoms with van der Waals surface area (Å²) in [4.78, 5) is 12.3. The number of nitrogens with one attached hydrogen (secondary N) is 1. The number of hydrogen-bond donors (Lipinski definition) is 1. The largest absolute Gasteiger partial charge is 0.496 e. The molecule has 0 fully saturated rings. The van der Waals surface area contributed by atoms with Crippen molar-refractivity contribution >= 4 is 23.3 Å². The van der Waals surface area contributed by atoms with Crippen LogP contribution < -0.4 is 19.5 Å². The van der Waals surface area contributed by atoms with Crippen molar-refractivity contribution in [2.75, 3.05) is 33.6 Å².